The van der Waals surface area contributed by atoms with Crippen LogP contribution in [0.3, 0.4) is 0 Å². The summed E-state index contributed by atoms with van der Waals surface area (Å²) in [6.45, 7) is 0. The van der Waals surface area contributed by atoms with Gasteiger partial charge in [0, 0.05) is 22.7 Å². The zero-order chi connectivity index (χ0) is 14.1. The number of hydrogen-bond donors (Lipinski definition) is 0. The molecule has 0 atom stereocenters. The van der Waals surface area contributed by atoms with Crippen molar-refractivity contribution in [2.75, 3.05) is 0 Å². The Hall–Kier alpha value is -2.87. The molecule has 0 amide bonds. The molecule has 2 heteroatoms. The van der Waals surface area contributed by atoms with Gasteiger partial charge in [-0.3, -0.25) is 4.98 Å². The van der Waals surface area contributed by atoms with E-state index in [1.165, 1.54) is 0 Å². The van der Waals surface area contributed by atoms with Gasteiger partial charge in [0.15, 0.2) is 5.58 Å². The molecule has 100 valence electrons. The molecule has 0 radical (unpaired) electrons. The summed E-state index contributed by atoms with van der Waals surface area (Å²) in [5, 5.41) is 1.07. The van der Waals surface area contributed by atoms with E-state index in [0.717, 1.165) is 33.6 Å². The lowest BCUT2D eigenvalue weighted by molar-refractivity contribution is 0.631. The van der Waals surface area contributed by atoms with E-state index in [0.29, 0.717) is 0 Å². The molecule has 2 nitrogen and oxygen atoms in total. The molecule has 0 fully saturated rings. The van der Waals surface area contributed by atoms with Crippen molar-refractivity contribution in [2.24, 2.45) is 0 Å². The number of rotatable bonds is 2. The minimum absolute atomic E-state index is 0.836. The lowest BCUT2D eigenvalue weighted by atomic mass is 10.1. The van der Waals surface area contributed by atoms with Crippen molar-refractivity contribution in [1.29, 1.82) is 0 Å². The van der Waals surface area contributed by atoms with Gasteiger partial charge in [-0.25, -0.2) is 0 Å². The third-order valence-corrected chi connectivity index (χ3v) is 3.54. The van der Waals surface area contributed by atoms with Gasteiger partial charge in [-0.2, -0.15) is 0 Å². The highest BCUT2D eigenvalue weighted by Gasteiger charge is 2.11. The van der Waals surface area contributed by atoms with E-state index in [-0.39, 0.29) is 0 Å². The standard InChI is InChI=1S/C19H13NO/c1-3-7-14(8-4-1)17-13-16-11-12-20-18(19(16)21-17)15-9-5-2-6-10-15/h1-13H. The first-order valence-corrected chi connectivity index (χ1v) is 6.91. The SMILES string of the molecule is c1ccc(-c2cc3ccnc(-c4ccccc4)c3o2)cc1. The van der Waals surface area contributed by atoms with Crippen LogP contribution < -0.4 is 0 Å². The third kappa shape index (κ3) is 2.11. The van der Waals surface area contributed by atoms with Crippen molar-refractivity contribution in [1.82, 2.24) is 4.98 Å². The Bertz CT molecular complexity index is 879. The highest BCUT2D eigenvalue weighted by atomic mass is 16.3. The average Bonchev–Trinajstić information content (AvgIpc) is 3.00. The Balaban J connectivity index is 1.93. The summed E-state index contributed by atoms with van der Waals surface area (Å²) in [4.78, 5) is 4.49. The predicted octanol–water partition coefficient (Wildman–Crippen LogP) is 5.16. The van der Waals surface area contributed by atoms with Crippen LogP contribution in [0, 0.1) is 0 Å². The van der Waals surface area contributed by atoms with Crippen LogP contribution in [0.5, 0.6) is 0 Å². The molecule has 0 aliphatic carbocycles. The summed E-state index contributed by atoms with van der Waals surface area (Å²) in [6, 6.07) is 24.3. The number of furan rings is 1. The molecule has 0 bridgehead atoms. The normalized spacial score (nSPS) is 10.9. The van der Waals surface area contributed by atoms with Crippen molar-refractivity contribution >= 4 is 11.0 Å². The Morgan fingerprint density at radius 3 is 2.10 bits per heavy atom. The van der Waals surface area contributed by atoms with Gasteiger partial charge in [0.1, 0.15) is 11.5 Å². The fourth-order valence-corrected chi connectivity index (χ4v) is 2.51. The maximum atomic E-state index is 6.08. The van der Waals surface area contributed by atoms with Crippen molar-refractivity contribution in [3.05, 3.63) is 79.0 Å². The van der Waals surface area contributed by atoms with Gasteiger partial charge in [-0.15, -0.1) is 0 Å². The largest absolute Gasteiger partial charge is 0.454 e. The van der Waals surface area contributed by atoms with E-state index in [1.807, 2.05) is 72.9 Å². The molecule has 0 aliphatic heterocycles. The smallest absolute Gasteiger partial charge is 0.161 e. The second-order valence-corrected chi connectivity index (χ2v) is 4.92. The maximum Gasteiger partial charge on any atom is 0.161 e. The van der Waals surface area contributed by atoms with Crippen LogP contribution in [0.15, 0.2) is 83.4 Å². The minimum atomic E-state index is 0.836. The topological polar surface area (TPSA) is 26.0 Å². The molecule has 21 heavy (non-hydrogen) atoms. The molecule has 0 saturated carbocycles. The molecule has 2 aromatic carbocycles. The summed E-state index contributed by atoms with van der Waals surface area (Å²) in [5.74, 6) is 0.871. The molecule has 4 aromatic rings. The fourth-order valence-electron chi connectivity index (χ4n) is 2.51. The first-order valence-electron chi connectivity index (χ1n) is 6.91. The van der Waals surface area contributed by atoms with Gasteiger partial charge in [-0.05, 0) is 12.1 Å². The van der Waals surface area contributed by atoms with Crippen LogP contribution in [0.4, 0.5) is 0 Å². The van der Waals surface area contributed by atoms with Gasteiger partial charge in [-0.1, -0.05) is 60.7 Å². The van der Waals surface area contributed by atoms with Crippen molar-refractivity contribution in [2.45, 2.75) is 0 Å². The number of nitrogens with zero attached hydrogens (tertiary/aromatic N) is 1. The van der Waals surface area contributed by atoms with Crippen LogP contribution in [0.1, 0.15) is 0 Å². The van der Waals surface area contributed by atoms with Crippen molar-refractivity contribution in [3.63, 3.8) is 0 Å². The van der Waals surface area contributed by atoms with E-state index in [4.69, 9.17) is 4.42 Å². The first kappa shape index (κ1) is 11.9. The average molecular weight is 271 g/mol. The Kier molecular flexibility index (Phi) is 2.79. The number of aromatic nitrogens is 1. The Labute approximate surface area is 122 Å². The molecular weight excluding hydrogens is 258 g/mol. The summed E-state index contributed by atoms with van der Waals surface area (Å²) in [7, 11) is 0. The maximum absolute atomic E-state index is 6.08. The lowest BCUT2D eigenvalue weighted by Gasteiger charge is -2.00. The number of fused-ring (bicyclic) bond motifs is 1. The summed E-state index contributed by atoms with van der Waals surface area (Å²) >= 11 is 0. The molecule has 0 spiro atoms. The van der Waals surface area contributed by atoms with E-state index in [2.05, 4.69) is 11.1 Å². The number of hydrogen-bond acceptors (Lipinski definition) is 2. The van der Waals surface area contributed by atoms with Crippen LogP contribution in [-0.4, -0.2) is 4.98 Å². The highest BCUT2D eigenvalue weighted by molar-refractivity contribution is 5.92. The zero-order valence-corrected chi connectivity index (χ0v) is 11.4. The summed E-state index contributed by atoms with van der Waals surface area (Å²) in [6.07, 6.45) is 1.83. The second-order valence-electron chi connectivity index (χ2n) is 4.92. The van der Waals surface area contributed by atoms with E-state index < -0.39 is 0 Å². The molecule has 2 heterocycles. The van der Waals surface area contributed by atoms with Gasteiger partial charge in [0.05, 0.1) is 0 Å². The van der Waals surface area contributed by atoms with E-state index >= 15 is 0 Å². The molecule has 4 rings (SSSR count). The molecule has 0 unspecified atom stereocenters. The first-order chi connectivity index (χ1) is 10.4. The van der Waals surface area contributed by atoms with Crippen molar-refractivity contribution < 1.29 is 4.42 Å². The molecule has 0 aliphatic rings. The van der Waals surface area contributed by atoms with Crippen molar-refractivity contribution in [3.8, 4) is 22.6 Å². The molecule has 2 aromatic heterocycles. The molecule has 0 saturated heterocycles. The second kappa shape index (κ2) is 4.91. The Morgan fingerprint density at radius 1 is 0.714 bits per heavy atom. The Morgan fingerprint density at radius 2 is 1.38 bits per heavy atom. The molecule has 0 N–H and O–H groups in total. The highest BCUT2D eigenvalue weighted by Crippen LogP contribution is 2.32. The van der Waals surface area contributed by atoms with Crippen LogP contribution in [0.2, 0.25) is 0 Å². The predicted molar refractivity (Wildman–Crippen MR) is 84.9 cm³/mol. The monoisotopic (exact) mass is 271 g/mol. The lowest BCUT2D eigenvalue weighted by Crippen LogP contribution is -1.82. The van der Waals surface area contributed by atoms with Gasteiger partial charge in [0.2, 0.25) is 0 Å². The van der Waals surface area contributed by atoms with Crippen LogP contribution in [0.25, 0.3) is 33.6 Å². The number of pyridine rings is 1. The summed E-state index contributed by atoms with van der Waals surface area (Å²) < 4.78 is 6.08. The van der Waals surface area contributed by atoms with Crippen LogP contribution in [-0.2, 0) is 0 Å². The van der Waals surface area contributed by atoms with Gasteiger partial charge < -0.3 is 4.42 Å². The van der Waals surface area contributed by atoms with Gasteiger partial charge >= 0.3 is 0 Å². The van der Waals surface area contributed by atoms with E-state index in [9.17, 15) is 0 Å². The zero-order valence-electron chi connectivity index (χ0n) is 11.4. The molecular formula is C19H13NO. The number of benzene rings is 2. The fraction of sp³-hybridized carbons (Fsp3) is 0. The summed E-state index contributed by atoms with van der Waals surface area (Å²) in [5.41, 5.74) is 3.86. The van der Waals surface area contributed by atoms with Gasteiger partial charge in [0.25, 0.3) is 0 Å². The minimum Gasteiger partial charge on any atom is -0.454 e. The van der Waals surface area contributed by atoms with Crippen LogP contribution >= 0.6 is 0 Å². The van der Waals surface area contributed by atoms with E-state index in [1.54, 1.807) is 0 Å². The quantitative estimate of drug-likeness (QED) is 0.503. The third-order valence-electron chi connectivity index (χ3n) is 3.54.